The van der Waals surface area contributed by atoms with E-state index >= 15 is 0 Å². The molecular weight excluding hydrogens is 502 g/mol. The number of imidazole rings is 1. The Hall–Kier alpha value is -4.49. The predicted octanol–water partition coefficient (Wildman–Crippen LogP) is 4.81. The Bertz CT molecular complexity index is 1390. The third-order valence-corrected chi connectivity index (χ3v) is 6.49. The maximum Gasteiger partial charge on any atom is 0.244 e. The van der Waals surface area contributed by atoms with Gasteiger partial charge in [0.1, 0.15) is 29.6 Å². The molecule has 2 heterocycles. The Balaban J connectivity index is 1.62. The van der Waals surface area contributed by atoms with Crippen LogP contribution in [-0.4, -0.2) is 35.8 Å². The summed E-state index contributed by atoms with van der Waals surface area (Å²) in [6, 6.07) is 13.0. The van der Waals surface area contributed by atoms with Crippen LogP contribution in [0.1, 0.15) is 48.8 Å². The molecule has 196 valence electrons. The number of benzene rings is 2. The second kappa shape index (κ2) is 12.7. The summed E-state index contributed by atoms with van der Waals surface area (Å²) >= 11 is 6.15. The molecule has 0 fully saturated rings. The minimum atomic E-state index is -0.387. The van der Waals surface area contributed by atoms with Crippen molar-refractivity contribution < 1.29 is 4.79 Å². The zero-order chi connectivity index (χ0) is 26.9. The van der Waals surface area contributed by atoms with Crippen LogP contribution >= 0.6 is 11.6 Å². The summed E-state index contributed by atoms with van der Waals surface area (Å²) in [5, 5.41) is 26.5. The molecule has 1 amide bonds. The predicted molar refractivity (Wildman–Crippen MR) is 153 cm³/mol. The van der Waals surface area contributed by atoms with E-state index in [1.807, 2.05) is 25.2 Å². The van der Waals surface area contributed by atoms with Crippen molar-refractivity contribution in [2.75, 3.05) is 29.5 Å². The number of nitrogens with zero attached hydrogens (tertiary/aromatic N) is 3. The number of aromatic nitrogens is 2. The Morgan fingerprint density at radius 3 is 2.92 bits per heavy atom. The van der Waals surface area contributed by atoms with E-state index in [4.69, 9.17) is 22.4 Å². The lowest BCUT2D eigenvalue weighted by Crippen LogP contribution is -2.28. The second-order valence-electron chi connectivity index (χ2n) is 8.79. The van der Waals surface area contributed by atoms with Crippen molar-refractivity contribution >= 4 is 47.0 Å². The van der Waals surface area contributed by atoms with E-state index in [0.29, 0.717) is 39.9 Å². The van der Waals surface area contributed by atoms with E-state index in [2.05, 4.69) is 37.4 Å². The van der Waals surface area contributed by atoms with Gasteiger partial charge in [-0.2, -0.15) is 10.4 Å². The van der Waals surface area contributed by atoms with Crippen LogP contribution in [0.5, 0.6) is 0 Å². The maximum atomic E-state index is 13.0. The summed E-state index contributed by atoms with van der Waals surface area (Å²) in [4.78, 5) is 20.9. The summed E-state index contributed by atoms with van der Waals surface area (Å²) in [6.45, 7) is 0.796. The minimum Gasteiger partial charge on any atom is -0.388 e. The molecule has 4 rings (SSSR count). The van der Waals surface area contributed by atoms with Crippen LogP contribution in [0.25, 0.3) is 17.3 Å². The van der Waals surface area contributed by atoms with Crippen molar-refractivity contribution in [3.63, 3.8) is 0 Å². The van der Waals surface area contributed by atoms with Gasteiger partial charge in [0.25, 0.3) is 0 Å². The highest BCUT2D eigenvalue weighted by molar-refractivity contribution is 6.30. The molecule has 2 aromatic carbocycles. The third kappa shape index (κ3) is 6.44. The van der Waals surface area contributed by atoms with Crippen molar-refractivity contribution in [3.05, 3.63) is 64.6 Å². The molecule has 0 aliphatic carbocycles. The van der Waals surface area contributed by atoms with Gasteiger partial charge in [-0.15, -0.1) is 0 Å². The number of fused-ring (bicyclic) bond motifs is 4. The van der Waals surface area contributed by atoms with Gasteiger partial charge in [-0.1, -0.05) is 24.4 Å². The number of amides is 1. The van der Waals surface area contributed by atoms with Crippen LogP contribution in [-0.2, 0) is 4.79 Å². The van der Waals surface area contributed by atoms with Crippen molar-refractivity contribution in [1.82, 2.24) is 15.3 Å². The molecule has 7 N–H and O–H groups in total. The summed E-state index contributed by atoms with van der Waals surface area (Å²) in [5.74, 6) is 5.44. The molecular formula is C27H30ClN9O. The van der Waals surface area contributed by atoms with Crippen LogP contribution in [0.15, 0.2) is 47.6 Å². The number of carbonyl (C=O) groups excluding carboxylic acids is 1. The van der Waals surface area contributed by atoms with Gasteiger partial charge in [-0.25, -0.2) is 4.98 Å². The fourth-order valence-electron chi connectivity index (χ4n) is 4.33. The van der Waals surface area contributed by atoms with Gasteiger partial charge >= 0.3 is 0 Å². The van der Waals surface area contributed by atoms with Crippen LogP contribution < -0.4 is 27.1 Å². The van der Waals surface area contributed by atoms with Crippen LogP contribution in [0.2, 0.25) is 5.02 Å². The molecule has 1 aromatic heterocycles. The molecule has 0 unspecified atom stereocenters. The summed E-state index contributed by atoms with van der Waals surface area (Å²) in [7, 11) is 1.87. The van der Waals surface area contributed by atoms with E-state index in [1.54, 1.807) is 24.3 Å². The molecule has 1 atom stereocenters. The molecule has 0 spiro atoms. The van der Waals surface area contributed by atoms with E-state index in [-0.39, 0.29) is 11.9 Å². The monoisotopic (exact) mass is 531 g/mol. The first-order chi connectivity index (χ1) is 18.5. The van der Waals surface area contributed by atoms with Crippen molar-refractivity contribution in [1.29, 1.82) is 5.26 Å². The smallest absolute Gasteiger partial charge is 0.244 e. The number of nitriles is 1. The Morgan fingerprint density at radius 2 is 2.13 bits per heavy atom. The molecule has 1 aliphatic rings. The van der Waals surface area contributed by atoms with E-state index in [9.17, 15) is 10.1 Å². The summed E-state index contributed by atoms with van der Waals surface area (Å²) < 4.78 is 0. The molecule has 1 aliphatic heterocycles. The number of carbonyl (C=O) groups is 1. The van der Waals surface area contributed by atoms with E-state index in [1.165, 1.54) is 12.4 Å². The van der Waals surface area contributed by atoms with Gasteiger partial charge in [-0.05, 0) is 60.9 Å². The standard InChI is InChI=1S/C27H30ClN9O/c1-31-19-8-9-20-23(14-19)32-12-4-2-3-5-22(27-36-24(15-29)26(20)37-27)35-25(38)11-6-17-13-18(28)7-10-21(17)33-16-34-30/h6-11,13-14,16,22,31-32H,2-5,12,30H2,1H3,(H,33,34)(H,35,38)(H,36,37)/b11-6+/t22-/m0/s1. The van der Waals surface area contributed by atoms with E-state index in [0.717, 1.165) is 42.7 Å². The highest BCUT2D eigenvalue weighted by atomic mass is 35.5. The number of hydrogen-bond acceptors (Lipinski definition) is 7. The second-order valence-corrected chi connectivity index (χ2v) is 9.23. The Kier molecular flexibility index (Phi) is 8.85. The van der Waals surface area contributed by atoms with Crippen LogP contribution in [0, 0.1) is 11.3 Å². The van der Waals surface area contributed by atoms with Crippen molar-refractivity contribution in [3.8, 4) is 17.3 Å². The van der Waals surface area contributed by atoms with Crippen molar-refractivity contribution in [2.45, 2.75) is 31.7 Å². The Labute approximate surface area is 226 Å². The molecule has 2 bridgehead atoms. The molecule has 10 nitrogen and oxygen atoms in total. The van der Waals surface area contributed by atoms with Gasteiger partial charge in [0.2, 0.25) is 5.91 Å². The zero-order valence-electron chi connectivity index (χ0n) is 21.0. The number of halogens is 1. The van der Waals surface area contributed by atoms with Gasteiger partial charge in [0.15, 0.2) is 0 Å². The third-order valence-electron chi connectivity index (χ3n) is 6.25. The number of hydrazone groups is 1. The lowest BCUT2D eigenvalue weighted by Gasteiger charge is -2.17. The topological polar surface area (TPSA) is 156 Å². The highest BCUT2D eigenvalue weighted by Gasteiger charge is 2.23. The highest BCUT2D eigenvalue weighted by Crippen LogP contribution is 2.33. The molecule has 0 radical (unpaired) electrons. The largest absolute Gasteiger partial charge is 0.388 e. The quantitative estimate of drug-likeness (QED) is 0.0875. The SMILES string of the molecule is CNc1ccc2c(c1)NCCCCC[C@H](NC(=O)/C=C/c1cc(Cl)ccc1N/C=N\N)c1nc-2c(C#N)[nH]1. The summed E-state index contributed by atoms with van der Waals surface area (Å²) in [5.41, 5.74) is 4.99. The first-order valence-corrected chi connectivity index (χ1v) is 12.7. The lowest BCUT2D eigenvalue weighted by atomic mass is 10.0. The molecule has 3 aromatic rings. The molecule has 11 heteroatoms. The number of rotatable bonds is 6. The lowest BCUT2D eigenvalue weighted by molar-refractivity contribution is -0.117. The number of nitrogens with two attached hydrogens (primary N) is 1. The molecule has 0 saturated heterocycles. The number of aromatic amines is 1. The number of nitrogens with one attached hydrogen (secondary N) is 5. The number of hydrogen-bond donors (Lipinski definition) is 6. The van der Waals surface area contributed by atoms with Gasteiger partial charge in [-0.3, -0.25) is 4.79 Å². The minimum absolute atomic E-state index is 0.294. The fraction of sp³-hybridized carbons (Fsp3) is 0.259. The zero-order valence-corrected chi connectivity index (χ0v) is 21.8. The molecule has 0 saturated carbocycles. The normalized spacial score (nSPS) is 15.6. The number of anilines is 3. The van der Waals surface area contributed by atoms with Crippen LogP contribution in [0.3, 0.4) is 0 Å². The average Bonchev–Trinajstić information content (AvgIpc) is 3.36. The fourth-order valence-corrected chi connectivity index (χ4v) is 4.51. The van der Waals surface area contributed by atoms with Gasteiger partial charge < -0.3 is 32.1 Å². The summed E-state index contributed by atoms with van der Waals surface area (Å²) in [6.07, 6.45) is 7.98. The Morgan fingerprint density at radius 1 is 1.26 bits per heavy atom. The maximum absolute atomic E-state index is 13.0. The molecule has 38 heavy (non-hydrogen) atoms. The van der Waals surface area contributed by atoms with Gasteiger partial charge in [0.05, 0.1) is 6.04 Å². The van der Waals surface area contributed by atoms with Crippen molar-refractivity contribution in [2.24, 2.45) is 10.9 Å². The first kappa shape index (κ1) is 26.6. The van der Waals surface area contributed by atoms with Crippen LogP contribution in [0.4, 0.5) is 17.1 Å². The van der Waals surface area contributed by atoms with Gasteiger partial charge in [0, 0.05) is 47.3 Å². The average molecular weight is 532 g/mol. The number of H-pyrrole nitrogens is 1. The first-order valence-electron chi connectivity index (χ1n) is 12.3. The van der Waals surface area contributed by atoms with E-state index < -0.39 is 0 Å².